The van der Waals surface area contributed by atoms with Crippen LogP contribution in [0.25, 0.3) is 0 Å². The molecule has 3 N–H and O–H groups in total. The molecule has 0 saturated carbocycles. The van der Waals surface area contributed by atoms with E-state index in [0.717, 1.165) is 31.2 Å². The zero-order valence-electron chi connectivity index (χ0n) is 16.9. The quantitative estimate of drug-likeness (QED) is 0.472. The van der Waals surface area contributed by atoms with Gasteiger partial charge in [-0.05, 0) is 17.9 Å². The van der Waals surface area contributed by atoms with Gasteiger partial charge in [0.2, 0.25) is 5.91 Å². The van der Waals surface area contributed by atoms with E-state index in [2.05, 4.69) is 17.6 Å². The third-order valence-corrected chi connectivity index (χ3v) is 4.40. The first-order chi connectivity index (χ1) is 13.3. The summed E-state index contributed by atoms with van der Waals surface area (Å²) in [6.07, 6.45) is 3.38. The van der Waals surface area contributed by atoms with E-state index >= 15 is 0 Å². The highest BCUT2D eigenvalue weighted by Crippen LogP contribution is 2.09. The summed E-state index contributed by atoms with van der Waals surface area (Å²) in [6.45, 7) is 5.72. The van der Waals surface area contributed by atoms with Gasteiger partial charge in [-0.3, -0.25) is 4.79 Å². The minimum absolute atomic E-state index is 0.0916. The van der Waals surface area contributed by atoms with E-state index in [1.165, 1.54) is 0 Å². The molecule has 7 heteroatoms. The number of alkyl carbamates (subject to hydrolysis) is 1. The Hall–Kier alpha value is -2.57. The molecular weight excluding hydrogens is 360 g/mol. The number of carbonyl (C=O) groups is 3. The largest absolute Gasteiger partial charge is 0.480 e. The van der Waals surface area contributed by atoms with Crippen LogP contribution in [-0.2, 0) is 20.9 Å². The molecule has 0 aliphatic rings. The summed E-state index contributed by atoms with van der Waals surface area (Å²) in [5.74, 6) is -1.81. The summed E-state index contributed by atoms with van der Waals surface area (Å²) >= 11 is 0. The van der Waals surface area contributed by atoms with Crippen LogP contribution in [0.4, 0.5) is 4.79 Å². The number of benzene rings is 1. The van der Waals surface area contributed by atoms with E-state index in [0.29, 0.717) is 6.42 Å². The predicted octanol–water partition coefficient (Wildman–Crippen LogP) is 3.48. The van der Waals surface area contributed by atoms with Crippen molar-refractivity contribution in [2.24, 2.45) is 5.92 Å². The summed E-state index contributed by atoms with van der Waals surface area (Å²) in [6, 6.07) is 7.37. The Balaban J connectivity index is 2.58. The first-order valence-corrected chi connectivity index (χ1v) is 9.85. The van der Waals surface area contributed by atoms with Gasteiger partial charge in [0.15, 0.2) is 0 Å². The van der Waals surface area contributed by atoms with Crippen LogP contribution in [0.3, 0.4) is 0 Å². The molecule has 2 atom stereocenters. The normalized spacial score (nSPS) is 12.9. The molecule has 0 bridgehead atoms. The monoisotopic (exact) mass is 392 g/mol. The molecule has 1 aromatic carbocycles. The summed E-state index contributed by atoms with van der Waals surface area (Å²) in [5.41, 5.74) is 0.834. The zero-order valence-corrected chi connectivity index (χ0v) is 16.9. The van der Waals surface area contributed by atoms with E-state index < -0.39 is 30.1 Å². The number of ether oxygens (including phenoxy) is 1. The lowest BCUT2D eigenvalue weighted by Crippen LogP contribution is -2.53. The molecule has 1 rings (SSSR count). The van der Waals surface area contributed by atoms with Crippen molar-refractivity contribution in [3.05, 3.63) is 35.9 Å². The minimum Gasteiger partial charge on any atom is -0.480 e. The fourth-order valence-electron chi connectivity index (χ4n) is 2.72. The average Bonchev–Trinajstić information content (AvgIpc) is 2.67. The zero-order chi connectivity index (χ0) is 20.9. The van der Waals surface area contributed by atoms with Crippen molar-refractivity contribution >= 4 is 18.0 Å². The second-order valence-corrected chi connectivity index (χ2v) is 7.18. The third kappa shape index (κ3) is 8.88. The van der Waals surface area contributed by atoms with Gasteiger partial charge in [0.25, 0.3) is 0 Å². The Bertz CT molecular complexity index is 618. The SMILES string of the molecule is CCCCCC[C@H](NC(=O)[C@H](NC(=O)OCc1ccccc1)C(C)C)C(=O)O. The van der Waals surface area contributed by atoms with Gasteiger partial charge in [-0.25, -0.2) is 9.59 Å². The number of rotatable bonds is 12. The molecule has 0 heterocycles. The van der Waals surface area contributed by atoms with Crippen LogP contribution < -0.4 is 10.6 Å². The lowest BCUT2D eigenvalue weighted by Gasteiger charge is -2.23. The van der Waals surface area contributed by atoms with Crippen LogP contribution in [0, 0.1) is 5.92 Å². The van der Waals surface area contributed by atoms with Crippen molar-refractivity contribution in [3.63, 3.8) is 0 Å². The molecule has 0 unspecified atom stereocenters. The fourth-order valence-corrected chi connectivity index (χ4v) is 2.72. The predicted molar refractivity (Wildman–Crippen MR) is 107 cm³/mol. The molecular formula is C21H32N2O5. The third-order valence-electron chi connectivity index (χ3n) is 4.40. The fraction of sp³-hybridized carbons (Fsp3) is 0.571. The highest BCUT2D eigenvalue weighted by molar-refractivity contribution is 5.89. The molecule has 28 heavy (non-hydrogen) atoms. The van der Waals surface area contributed by atoms with Gasteiger partial charge in [-0.15, -0.1) is 0 Å². The number of carboxylic acids is 1. The molecule has 0 aliphatic carbocycles. The highest BCUT2D eigenvalue weighted by Gasteiger charge is 2.28. The van der Waals surface area contributed by atoms with Crippen LogP contribution in [-0.4, -0.2) is 35.2 Å². The molecule has 0 aromatic heterocycles. The number of hydrogen-bond acceptors (Lipinski definition) is 4. The number of aliphatic carboxylic acids is 1. The average molecular weight is 392 g/mol. The summed E-state index contributed by atoms with van der Waals surface area (Å²) in [7, 11) is 0. The second-order valence-electron chi connectivity index (χ2n) is 7.18. The lowest BCUT2D eigenvalue weighted by atomic mass is 10.0. The number of hydrogen-bond donors (Lipinski definition) is 3. The van der Waals surface area contributed by atoms with Crippen molar-refractivity contribution in [2.75, 3.05) is 0 Å². The van der Waals surface area contributed by atoms with Crippen molar-refractivity contribution < 1.29 is 24.2 Å². The van der Waals surface area contributed by atoms with Crippen LogP contribution in [0.2, 0.25) is 0 Å². The smallest absolute Gasteiger partial charge is 0.408 e. The van der Waals surface area contributed by atoms with Crippen LogP contribution in [0.5, 0.6) is 0 Å². The Morgan fingerprint density at radius 3 is 2.29 bits per heavy atom. The molecule has 0 radical (unpaired) electrons. The minimum atomic E-state index is -1.07. The maximum atomic E-state index is 12.6. The molecule has 7 nitrogen and oxygen atoms in total. The molecule has 0 aliphatic heterocycles. The molecule has 156 valence electrons. The van der Waals surface area contributed by atoms with Gasteiger partial charge < -0.3 is 20.5 Å². The summed E-state index contributed by atoms with van der Waals surface area (Å²) in [5, 5.41) is 14.5. The molecule has 0 fully saturated rings. The maximum Gasteiger partial charge on any atom is 0.408 e. The topological polar surface area (TPSA) is 105 Å². The van der Waals surface area contributed by atoms with Crippen molar-refractivity contribution in [1.29, 1.82) is 0 Å². The van der Waals surface area contributed by atoms with E-state index in [4.69, 9.17) is 4.74 Å². The van der Waals surface area contributed by atoms with Crippen molar-refractivity contribution in [3.8, 4) is 0 Å². The van der Waals surface area contributed by atoms with Crippen molar-refractivity contribution in [1.82, 2.24) is 10.6 Å². The first kappa shape index (κ1) is 23.5. The number of unbranched alkanes of at least 4 members (excludes halogenated alkanes) is 3. The van der Waals surface area contributed by atoms with Gasteiger partial charge in [0, 0.05) is 0 Å². The highest BCUT2D eigenvalue weighted by atomic mass is 16.5. The van der Waals surface area contributed by atoms with E-state index in [-0.39, 0.29) is 12.5 Å². The van der Waals surface area contributed by atoms with Gasteiger partial charge in [0.05, 0.1) is 0 Å². The Labute approximate surface area is 166 Å². The van der Waals surface area contributed by atoms with E-state index in [1.807, 2.05) is 30.3 Å². The molecule has 1 aromatic rings. The molecule has 0 saturated heterocycles. The second kappa shape index (κ2) is 12.8. The van der Waals surface area contributed by atoms with E-state index in [1.54, 1.807) is 13.8 Å². The van der Waals surface area contributed by atoms with Gasteiger partial charge in [-0.2, -0.15) is 0 Å². The maximum absolute atomic E-state index is 12.6. The van der Waals surface area contributed by atoms with Gasteiger partial charge in [0.1, 0.15) is 18.7 Å². The number of carbonyl (C=O) groups excluding carboxylic acids is 2. The standard InChI is InChI=1S/C21H32N2O5/c1-4-5-6-10-13-17(20(25)26)22-19(24)18(15(2)3)23-21(27)28-14-16-11-8-7-9-12-16/h7-9,11-12,15,17-18H,4-6,10,13-14H2,1-3H3,(H,22,24)(H,23,27)(H,25,26)/t17-,18+/m0/s1. The number of carboxylic acid groups (broad SMARTS) is 1. The van der Waals surface area contributed by atoms with E-state index in [9.17, 15) is 19.5 Å². The molecule has 0 spiro atoms. The van der Waals surface area contributed by atoms with Crippen LogP contribution in [0.1, 0.15) is 58.4 Å². The van der Waals surface area contributed by atoms with Crippen LogP contribution in [0.15, 0.2) is 30.3 Å². The molecule has 2 amide bonds. The number of amides is 2. The first-order valence-electron chi connectivity index (χ1n) is 9.85. The summed E-state index contributed by atoms with van der Waals surface area (Å²) in [4.78, 5) is 36.1. The van der Waals surface area contributed by atoms with Gasteiger partial charge >= 0.3 is 12.1 Å². The van der Waals surface area contributed by atoms with Crippen LogP contribution >= 0.6 is 0 Å². The summed E-state index contributed by atoms with van der Waals surface area (Å²) < 4.78 is 5.16. The number of nitrogens with one attached hydrogen (secondary N) is 2. The lowest BCUT2D eigenvalue weighted by molar-refractivity contribution is -0.142. The Morgan fingerprint density at radius 2 is 1.71 bits per heavy atom. The van der Waals surface area contributed by atoms with Gasteiger partial charge in [-0.1, -0.05) is 76.8 Å². The Kier molecular flexibility index (Phi) is 10.7. The van der Waals surface area contributed by atoms with Crippen molar-refractivity contribution in [2.45, 2.75) is 71.6 Å². The Morgan fingerprint density at radius 1 is 1.04 bits per heavy atom.